The van der Waals surface area contributed by atoms with Crippen LogP contribution in [0.4, 0.5) is 0 Å². The number of rotatable bonds is 4. The van der Waals surface area contributed by atoms with Crippen LogP contribution in [0.15, 0.2) is 66.4 Å². The van der Waals surface area contributed by atoms with Gasteiger partial charge in [0.2, 0.25) is 5.91 Å². The van der Waals surface area contributed by atoms with Crippen molar-refractivity contribution in [2.45, 2.75) is 25.7 Å². The molecule has 4 heteroatoms. The zero-order valence-corrected chi connectivity index (χ0v) is 17.0. The van der Waals surface area contributed by atoms with Gasteiger partial charge in [0, 0.05) is 36.2 Å². The molecule has 1 aromatic heterocycles. The number of nitrogens with zero attached hydrogens (tertiary/aromatic N) is 2. The minimum atomic E-state index is 0.314. The molecule has 0 atom stereocenters. The van der Waals surface area contributed by atoms with Gasteiger partial charge in [-0.2, -0.15) is 0 Å². The van der Waals surface area contributed by atoms with Crippen LogP contribution < -0.4 is 0 Å². The van der Waals surface area contributed by atoms with E-state index in [4.69, 9.17) is 11.6 Å². The van der Waals surface area contributed by atoms with E-state index in [1.165, 1.54) is 11.1 Å². The number of fused-ring (bicyclic) bond motifs is 1. The number of para-hydroxylation sites is 1. The Morgan fingerprint density at radius 3 is 2.62 bits per heavy atom. The summed E-state index contributed by atoms with van der Waals surface area (Å²) in [6, 6.07) is 16.5. The Morgan fingerprint density at radius 2 is 1.90 bits per heavy atom. The van der Waals surface area contributed by atoms with Gasteiger partial charge in [-0.15, -0.1) is 0 Å². The smallest absolute Gasteiger partial charge is 0.225 e. The van der Waals surface area contributed by atoms with E-state index in [9.17, 15) is 4.79 Å². The van der Waals surface area contributed by atoms with Crippen LogP contribution in [0.2, 0.25) is 5.02 Å². The molecule has 1 aliphatic heterocycles. The first kappa shape index (κ1) is 18.4. The first-order chi connectivity index (χ1) is 14.2. The fourth-order valence-corrected chi connectivity index (χ4v) is 4.35. The molecule has 0 bridgehead atoms. The lowest BCUT2D eigenvalue weighted by molar-refractivity contribution is -0.132. The van der Waals surface area contributed by atoms with Crippen molar-refractivity contribution < 1.29 is 4.79 Å². The van der Waals surface area contributed by atoms with Gasteiger partial charge in [-0.05, 0) is 42.9 Å². The second-order valence-electron chi connectivity index (χ2n) is 8.05. The molecule has 2 aliphatic rings. The molecule has 1 amide bonds. The third kappa shape index (κ3) is 3.79. The number of carbonyl (C=O) groups is 1. The van der Waals surface area contributed by atoms with Crippen molar-refractivity contribution >= 4 is 28.4 Å². The van der Waals surface area contributed by atoms with Crippen molar-refractivity contribution in [1.29, 1.82) is 0 Å². The number of pyridine rings is 1. The Morgan fingerprint density at radius 1 is 1.10 bits per heavy atom. The Balaban J connectivity index is 1.30. The zero-order chi connectivity index (χ0) is 19.8. The molecule has 29 heavy (non-hydrogen) atoms. The standard InChI is InChI=1S/C25H23ClN2O/c26-24-21-3-1-2-4-23(21)27-16-22(24)19-7-5-17(6-8-19)15-18-11-13-28(14-12-18)25(29)20-9-10-20/h1-8,11,16,20H,9-10,12-15H2. The maximum absolute atomic E-state index is 12.2. The lowest BCUT2D eigenvalue weighted by Gasteiger charge is -2.26. The largest absolute Gasteiger partial charge is 0.338 e. The molecule has 146 valence electrons. The first-order valence-corrected chi connectivity index (χ1v) is 10.7. The molecule has 1 fully saturated rings. The van der Waals surface area contributed by atoms with E-state index >= 15 is 0 Å². The summed E-state index contributed by atoms with van der Waals surface area (Å²) in [7, 11) is 0. The molecule has 3 aromatic rings. The molecule has 2 heterocycles. The van der Waals surface area contributed by atoms with Crippen LogP contribution in [-0.4, -0.2) is 28.9 Å². The SMILES string of the molecule is O=C(C1CC1)N1CC=C(Cc2ccc(-c3cnc4ccccc4c3Cl)cc2)CC1. The normalized spacial score (nSPS) is 16.7. The molecular weight excluding hydrogens is 380 g/mol. The second kappa shape index (κ2) is 7.64. The van der Waals surface area contributed by atoms with Crippen molar-refractivity contribution in [3.63, 3.8) is 0 Å². The van der Waals surface area contributed by atoms with E-state index in [1.54, 1.807) is 0 Å². The summed E-state index contributed by atoms with van der Waals surface area (Å²) < 4.78 is 0. The summed E-state index contributed by atoms with van der Waals surface area (Å²) in [4.78, 5) is 18.7. The van der Waals surface area contributed by atoms with Crippen LogP contribution in [0, 0.1) is 5.92 Å². The highest BCUT2D eigenvalue weighted by molar-refractivity contribution is 6.38. The van der Waals surface area contributed by atoms with Gasteiger partial charge in [0.15, 0.2) is 0 Å². The lowest BCUT2D eigenvalue weighted by Crippen LogP contribution is -2.36. The fraction of sp³-hybridized carbons (Fsp3) is 0.280. The predicted octanol–water partition coefficient (Wildman–Crippen LogP) is 5.67. The number of aromatic nitrogens is 1. The molecule has 0 N–H and O–H groups in total. The van der Waals surface area contributed by atoms with Crippen molar-refractivity contribution in [2.24, 2.45) is 5.92 Å². The molecule has 3 nitrogen and oxygen atoms in total. The third-order valence-corrected chi connectivity index (χ3v) is 6.35. The van der Waals surface area contributed by atoms with E-state index in [2.05, 4.69) is 35.3 Å². The molecule has 2 aromatic carbocycles. The monoisotopic (exact) mass is 402 g/mol. The zero-order valence-electron chi connectivity index (χ0n) is 16.3. The van der Waals surface area contributed by atoms with Crippen molar-refractivity contribution in [2.75, 3.05) is 13.1 Å². The number of halogens is 1. The molecular formula is C25H23ClN2O. The first-order valence-electron chi connectivity index (χ1n) is 10.3. The summed E-state index contributed by atoms with van der Waals surface area (Å²) >= 11 is 6.66. The van der Waals surface area contributed by atoms with Gasteiger partial charge in [0.05, 0.1) is 10.5 Å². The highest BCUT2D eigenvalue weighted by atomic mass is 35.5. The summed E-state index contributed by atoms with van der Waals surface area (Å²) in [6.45, 7) is 1.62. The predicted molar refractivity (Wildman–Crippen MR) is 118 cm³/mol. The van der Waals surface area contributed by atoms with Crippen molar-refractivity contribution in [3.8, 4) is 11.1 Å². The van der Waals surface area contributed by atoms with Crippen LogP contribution in [-0.2, 0) is 11.2 Å². The van der Waals surface area contributed by atoms with Crippen molar-refractivity contribution in [3.05, 3.63) is 77.0 Å². The van der Waals surface area contributed by atoms with Gasteiger partial charge in [-0.25, -0.2) is 0 Å². The number of hydrogen-bond acceptors (Lipinski definition) is 2. The summed E-state index contributed by atoms with van der Waals surface area (Å²) in [5, 5.41) is 1.73. The van der Waals surface area contributed by atoms with E-state index in [1.807, 2.05) is 35.4 Å². The molecule has 0 unspecified atom stereocenters. The average Bonchev–Trinajstić information content (AvgIpc) is 3.61. The minimum absolute atomic E-state index is 0.314. The highest BCUT2D eigenvalue weighted by Gasteiger charge is 2.33. The van der Waals surface area contributed by atoms with Crippen LogP contribution >= 0.6 is 11.6 Å². The quantitative estimate of drug-likeness (QED) is 0.527. The van der Waals surface area contributed by atoms with Gasteiger partial charge in [-0.3, -0.25) is 9.78 Å². The fourth-order valence-electron chi connectivity index (χ4n) is 4.03. The van der Waals surface area contributed by atoms with Gasteiger partial charge >= 0.3 is 0 Å². The van der Waals surface area contributed by atoms with E-state index in [0.29, 0.717) is 11.8 Å². The van der Waals surface area contributed by atoms with E-state index in [0.717, 1.165) is 65.8 Å². The van der Waals surface area contributed by atoms with Crippen LogP contribution in [0.25, 0.3) is 22.0 Å². The van der Waals surface area contributed by atoms with Gasteiger partial charge < -0.3 is 4.90 Å². The Bertz CT molecular complexity index is 1100. The Labute approximate surface area is 176 Å². The number of carbonyl (C=O) groups excluding carboxylic acids is 1. The average molecular weight is 403 g/mol. The summed E-state index contributed by atoms with van der Waals surface area (Å²) in [6.07, 6.45) is 8.16. The summed E-state index contributed by atoms with van der Waals surface area (Å²) in [5.74, 6) is 0.666. The number of hydrogen-bond donors (Lipinski definition) is 0. The maximum atomic E-state index is 12.2. The van der Waals surface area contributed by atoms with E-state index in [-0.39, 0.29) is 0 Å². The Kier molecular flexibility index (Phi) is 4.84. The molecule has 0 saturated heterocycles. The van der Waals surface area contributed by atoms with Gasteiger partial charge in [0.1, 0.15) is 0 Å². The molecule has 5 rings (SSSR count). The number of amides is 1. The molecule has 1 saturated carbocycles. The lowest BCUT2D eigenvalue weighted by atomic mass is 9.97. The van der Waals surface area contributed by atoms with Gasteiger partial charge in [-0.1, -0.05) is 65.7 Å². The minimum Gasteiger partial charge on any atom is -0.338 e. The molecule has 0 spiro atoms. The van der Waals surface area contributed by atoms with Crippen LogP contribution in [0.5, 0.6) is 0 Å². The molecule has 1 aliphatic carbocycles. The maximum Gasteiger partial charge on any atom is 0.225 e. The third-order valence-electron chi connectivity index (χ3n) is 5.95. The highest BCUT2D eigenvalue weighted by Crippen LogP contribution is 2.34. The number of benzene rings is 2. The van der Waals surface area contributed by atoms with Crippen LogP contribution in [0.3, 0.4) is 0 Å². The topological polar surface area (TPSA) is 33.2 Å². The Hall–Kier alpha value is -2.65. The van der Waals surface area contributed by atoms with Crippen LogP contribution in [0.1, 0.15) is 24.8 Å². The van der Waals surface area contributed by atoms with E-state index < -0.39 is 0 Å². The van der Waals surface area contributed by atoms with Crippen molar-refractivity contribution in [1.82, 2.24) is 9.88 Å². The summed E-state index contributed by atoms with van der Waals surface area (Å²) in [5.41, 5.74) is 5.66. The second-order valence-corrected chi connectivity index (χ2v) is 8.43. The van der Waals surface area contributed by atoms with Gasteiger partial charge in [0.25, 0.3) is 0 Å². The molecule has 0 radical (unpaired) electrons.